The Balaban J connectivity index is 1.36. The van der Waals surface area contributed by atoms with E-state index in [9.17, 15) is 13.2 Å². The minimum atomic E-state index is -3.84. The molecule has 3 aromatic carbocycles. The molecule has 0 bridgehead atoms. The number of hydrogen-bond acceptors (Lipinski definition) is 3. The Kier molecular flexibility index (Phi) is 5.06. The Labute approximate surface area is 187 Å². The highest BCUT2D eigenvalue weighted by Crippen LogP contribution is 2.36. The van der Waals surface area contributed by atoms with E-state index in [0.717, 1.165) is 30.5 Å². The Hall–Kier alpha value is -3.45. The fourth-order valence-electron chi connectivity index (χ4n) is 4.32. The Morgan fingerprint density at radius 1 is 0.969 bits per heavy atom. The van der Waals surface area contributed by atoms with Gasteiger partial charge in [-0.1, -0.05) is 36.4 Å². The SMILES string of the molecule is CN1CCCC1=NS(=O)(=O)c1cccc(NC(=O)c2ccc3c(c2)Cc2ccccc2-3)c1. The van der Waals surface area contributed by atoms with Crippen molar-refractivity contribution in [3.63, 3.8) is 0 Å². The molecule has 7 heteroatoms. The molecule has 0 spiro atoms. The summed E-state index contributed by atoms with van der Waals surface area (Å²) in [6, 6.07) is 20.2. The highest BCUT2D eigenvalue weighted by molar-refractivity contribution is 7.90. The van der Waals surface area contributed by atoms with Crippen molar-refractivity contribution in [3.8, 4) is 11.1 Å². The topological polar surface area (TPSA) is 78.8 Å². The van der Waals surface area contributed by atoms with E-state index in [1.807, 2.05) is 36.2 Å². The Morgan fingerprint density at radius 2 is 1.78 bits per heavy atom. The molecule has 162 valence electrons. The van der Waals surface area contributed by atoms with Crippen LogP contribution < -0.4 is 5.32 Å². The normalized spacial score (nSPS) is 16.2. The first-order valence-electron chi connectivity index (χ1n) is 10.6. The van der Waals surface area contributed by atoms with Gasteiger partial charge in [-0.15, -0.1) is 4.40 Å². The molecule has 1 amide bonds. The van der Waals surface area contributed by atoms with Crippen LogP contribution in [0.4, 0.5) is 5.69 Å². The van der Waals surface area contributed by atoms with Crippen molar-refractivity contribution in [2.75, 3.05) is 18.9 Å². The number of carbonyl (C=O) groups is 1. The maximum atomic E-state index is 12.9. The van der Waals surface area contributed by atoms with Gasteiger partial charge in [0, 0.05) is 31.3 Å². The molecule has 6 nitrogen and oxygen atoms in total. The van der Waals surface area contributed by atoms with Crippen LogP contribution in [0, 0.1) is 0 Å². The summed E-state index contributed by atoms with van der Waals surface area (Å²) in [5.41, 5.74) is 5.69. The number of nitrogens with one attached hydrogen (secondary N) is 1. The average molecular weight is 446 g/mol. The zero-order valence-corrected chi connectivity index (χ0v) is 18.5. The zero-order chi connectivity index (χ0) is 22.3. The van der Waals surface area contributed by atoms with Gasteiger partial charge in [-0.25, -0.2) is 0 Å². The third kappa shape index (κ3) is 3.80. The molecular formula is C25H23N3O3S. The number of benzene rings is 3. The van der Waals surface area contributed by atoms with Crippen molar-refractivity contribution < 1.29 is 13.2 Å². The second-order valence-corrected chi connectivity index (χ2v) is 9.80. The molecule has 1 heterocycles. The van der Waals surface area contributed by atoms with Crippen molar-refractivity contribution in [1.82, 2.24) is 4.90 Å². The molecule has 5 rings (SSSR count). The van der Waals surface area contributed by atoms with Crippen LogP contribution in [-0.4, -0.2) is 38.7 Å². The molecule has 3 aromatic rings. The van der Waals surface area contributed by atoms with Gasteiger partial charge < -0.3 is 10.2 Å². The number of fused-ring (bicyclic) bond motifs is 3. The number of likely N-dealkylation sites (tertiary alicyclic amines) is 1. The summed E-state index contributed by atoms with van der Waals surface area (Å²) in [6.45, 7) is 0.802. The molecule has 1 aliphatic heterocycles. The molecule has 1 fully saturated rings. The second kappa shape index (κ2) is 7.91. The van der Waals surface area contributed by atoms with Gasteiger partial charge in [-0.2, -0.15) is 8.42 Å². The lowest BCUT2D eigenvalue weighted by molar-refractivity contribution is 0.102. The zero-order valence-electron chi connectivity index (χ0n) is 17.7. The molecule has 32 heavy (non-hydrogen) atoms. The maximum Gasteiger partial charge on any atom is 0.284 e. The number of amides is 1. The van der Waals surface area contributed by atoms with Crippen LogP contribution in [0.5, 0.6) is 0 Å². The van der Waals surface area contributed by atoms with Crippen molar-refractivity contribution in [2.24, 2.45) is 4.40 Å². The van der Waals surface area contributed by atoms with Gasteiger partial charge in [0.05, 0.1) is 4.90 Å². The fourth-order valence-corrected chi connectivity index (χ4v) is 5.46. The molecule has 0 aromatic heterocycles. The fraction of sp³-hybridized carbons (Fsp3) is 0.200. The third-order valence-electron chi connectivity index (χ3n) is 6.01. The van der Waals surface area contributed by atoms with E-state index in [4.69, 9.17) is 0 Å². The monoisotopic (exact) mass is 445 g/mol. The summed E-state index contributed by atoms with van der Waals surface area (Å²) in [4.78, 5) is 14.8. The first kappa shape index (κ1) is 20.5. The van der Waals surface area contributed by atoms with Gasteiger partial charge in [0.2, 0.25) is 0 Å². The van der Waals surface area contributed by atoms with Crippen LogP contribution in [0.3, 0.4) is 0 Å². The van der Waals surface area contributed by atoms with Crippen LogP contribution >= 0.6 is 0 Å². The lowest BCUT2D eigenvalue weighted by Crippen LogP contribution is -2.20. The van der Waals surface area contributed by atoms with E-state index < -0.39 is 10.0 Å². The Bertz CT molecular complexity index is 1360. The van der Waals surface area contributed by atoms with Crippen LogP contribution in [0.25, 0.3) is 11.1 Å². The predicted octanol–water partition coefficient (Wildman–Crippen LogP) is 4.32. The van der Waals surface area contributed by atoms with Crippen LogP contribution in [0.1, 0.15) is 34.3 Å². The summed E-state index contributed by atoms with van der Waals surface area (Å²) in [5.74, 6) is 0.290. The quantitative estimate of drug-likeness (QED) is 0.507. The van der Waals surface area contributed by atoms with Gasteiger partial charge in [-0.05, 0) is 65.4 Å². The number of carbonyl (C=O) groups excluding carboxylic acids is 1. The van der Waals surface area contributed by atoms with E-state index in [1.54, 1.807) is 18.2 Å². The number of amidine groups is 1. The van der Waals surface area contributed by atoms with Gasteiger partial charge in [-0.3, -0.25) is 4.79 Å². The standard InChI is InChI=1S/C25H23N3O3S/c1-28-13-5-10-24(28)27-32(30,31)21-8-4-7-20(16-21)26-25(29)18-11-12-23-19(15-18)14-17-6-2-3-9-22(17)23/h2-4,6-9,11-12,15-16H,5,10,13-14H2,1H3,(H,26,29). The van der Waals surface area contributed by atoms with E-state index in [1.165, 1.54) is 23.3 Å². The molecule has 0 radical (unpaired) electrons. The van der Waals surface area contributed by atoms with Crippen molar-refractivity contribution in [1.29, 1.82) is 0 Å². The number of sulfonamides is 1. The van der Waals surface area contributed by atoms with Crippen LogP contribution in [-0.2, 0) is 16.4 Å². The molecule has 1 saturated heterocycles. The van der Waals surface area contributed by atoms with Gasteiger partial charge >= 0.3 is 0 Å². The van der Waals surface area contributed by atoms with Crippen molar-refractivity contribution >= 4 is 27.5 Å². The second-order valence-electron chi connectivity index (χ2n) is 8.20. The van der Waals surface area contributed by atoms with E-state index in [-0.39, 0.29) is 10.8 Å². The molecule has 1 aliphatic carbocycles. The molecule has 0 saturated carbocycles. The largest absolute Gasteiger partial charge is 0.362 e. The highest BCUT2D eigenvalue weighted by Gasteiger charge is 2.22. The first-order valence-corrected chi connectivity index (χ1v) is 12.0. The summed E-state index contributed by atoms with van der Waals surface area (Å²) < 4.78 is 29.5. The predicted molar refractivity (Wildman–Crippen MR) is 126 cm³/mol. The maximum absolute atomic E-state index is 12.9. The number of anilines is 1. The van der Waals surface area contributed by atoms with Gasteiger partial charge in [0.25, 0.3) is 15.9 Å². The first-order chi connectivity index (χ1) is 15.4. The summed E-state index contributed by atoms with van der Waals surface area (Å²) in [6.07, 6.45) is 2.34. The number of rotatable bonds is 4. The van der Waals surface area contributed by atoms with Crippen LogP contribution in [0.15, 0.2) is 76.0 Å². The lowest BCUT2D eigenvalue weighted by atomic mass is 10.0. The smallest absolute Gasteiger partial charge is 0.284 e. The molecule has 1 N–H and O–H groups in total. The van der Waals surface area contributed by atoms with Crippen molar-refractivity contribution in [2.45, 2.75) is 24.2 Å². The lowest BCUT2D eigenvalue weighted by Gasteiger charge is -2.11. The van der Waals surface area contributed by atoms with Gasteiger partial charge in [0.15, 0.2) is 0 Å². The van der Waals surface area contributed by atoms with E-state index >= 15 is 0 Å². The summed E-state index contributed by atoms with van der Waals surface area (Å²) >= 11 is 0. The average Bonchev–Trinajstić information content (AvgIpc) is 3.36. The molecule has 0 atom stereocenters. The van der Waals surface area contributed by atoms with Gasteiger partial charge in [0.1, 0.15) is 5.84 Å². The Morgan fingerprint density at radius 3 is 2.59 bits per heavy atom. The summed E-state index contributed by atoms with van der Waals surface area (Å²) in [5, 5.41) is 2.82. The van der Waals surface area contributed by atoms with Crippen molar-refractivity contribution in [3.05, 3.63) is 83.4 Å². The molecule has 2 aliphatic rings. The molecule has 0 unspecified atom stereocenters. The number of nitrogens with zero attached hydrogens (tertiary/aromatic N) is 2. The van der Waals surface area contributed by atoms with E-state index in [2.05, 4.69) is 21.8 Å². The highest BCUT2D eigenvalue weighted by atomic mass is 32.2. The van der Waals surface area contributed by atoms with Crippen LogP contribution in [0.2, 0.25) is 0 Å². The third-order valence-corrected chi connectivity index (χ3v) is 7.31. The minimum absolute atomic E-state index is 0.0625. The summed E-state index contributed by atoms with van der Waals surface area (Å²) in [7, 11) is -2.00. The molecular weight excluding hydrogens is 422 g/mol. The number of hydrogen-bond donors (Lipinski definition) is 1. The van der Waals surface area contributed by atoms with E-state index in [0.29, 0.717) is 23.5 Å². The minimum Gasteiger partial charge on any atom is -0.362 e.